The van der Waals surface area contributed by atoms with Crippen molar-refractivity contribution >= 4 is 11.6 Å². The number of hydrogen-bond donors (Lipinski definition) is 1. The maximum absolute atomic E-state index is 13.1. The van der Waals surface area contributed by atoms with E-state index in [1.54, 1.807) is 0 Å². The van der Waals surface area contributed by atoms with Crippen molar-refractivity contribution in [2.75, 3.05) is 0 Å². The molecule has 1 nitrogen and oxygen atoms in total. The molecule has 14 heavy (non-hydrogen) atoms. The van der Waals surface area contributed by atoms with Gasteiger partial charge in [-0.25, -0.2) is 13.2 Å². The number of hydrogen-bond acceptors (Lipinski definition) is 1. The monoisotopic (exact) mass is 223 g/mol. The van der Waals surface area contributed by atoms with Crippen molar-refractivity contribution in [1.29, 1.82) is 0 Å². The second-order valence-electron chi connectivity index (χ2n) is 2.90. The standard InChI is InChI=1S/C9H9ClF3N/c10-6-2-1-3-7(11)5(6)4-8(14)9(12)13/h1-3,8-9H,4,14H2. The fourth-order valence-corrected chi connectivity index (χ4v) is 1.29. The molecule has 0 amide bonds. The van der Waals surface area contributed by atoms with E-state index in [1.165, 1.54) is 18.2 Å². The Balaban J connectivity index is 2.85. The topological polar surface area (TPSA) is 26.0 Å². The lowest BCUT2D eigenvalue weighted by molar-refractivity contribution is 0.115. The van der Waals surface area contributed by atoms with Gasteiger partial charge in [-0.2, -0.15) is 0 Å². The fourth-order valence-electron chi connectivity index (χ4n) is 1.05. The van der Waals surface area contributed by atoms with E-state index in [-0.39, 0.29) is 17.0 Å². The summed E-state index contributed by atoms with van der Waals surface area (Å²) >= 11 is 5.64. The van der Waals surface area contributed by atoms with Crippen LogP contribution in [0.15, 0.2) is 18.2 Å². The molecule has 5 heteroatoms. The number of benzene rings is 1. The molecule has 0 heterocycles. The van der Waals surface area contributed by atoms with Crippen LogP contribution in [0.25, 0.3) is 0 Å². The molecule has 0 aliphatic carbocycles. The van der Waals surface area contributed by atoms with Crippen LogP contribution in [-0.4, -0.2) is 12.5 Å². The molecule has 0 aliphatic heterocycles. The van der Waals surface area contributed by atoms with Gasteiger partial charge >= 0.3 is 0 Å². The first kappa shape index (κ1) is 11.3. The van der Waals surface area contributed by atoms with Crippen molar-refractivity contribution in [3.63, 3.8) is 0 Å². The molecule has 0 fully saturated rings. The maximum Gasteiger partial charge on any atom is 0.253 e. The highest BCUT2D eigenvalue weighted by Gasteiger charge is 2.18. The lowest BCUT2D eigenvalue weighted by Crippen LogP contribution is -2.31. The van der Waals surface area contributed by atoms with Crippen molar-refractivity contribution in [2.24, 2.45) is 5.73 Å². The molecule has 1 aromatic carbocycles. The Labute approximate surface area is 84.7 Å². The summed E-state index contributed by atoms with van der Waals surface area (Å²) < 4.78 is 37.3. The van der Waals surface area contributed by atoms with Crippen molar-refractivity contribution in [2.45, 2.75) is 18.9 Å². The summed E-state index contributed by atoms with van der Waals surface area (Å²) in [4.78, 5) is 0. The van der Waals surface area contributed by atoms with Crippen molar-refractivity contribution < 1.29 is 13.2 Å². The van der Waals surface area contributed by atoms with Crippen LogP contribution in [0.3, 0.4) is 0 Å². The first-order chi connectivity index (χ1) is 6.52. The largest absolute Gasteiger partial charge is 0.323 e. The van der Waals surface area contributed by atoms with Crippen molar-refractivity contribution in [3.05, 3.63) is 34.6 Å². The van der Waals surface area contributed by atoms with Gasteiger partial charge in [0.2, 0.25) is 0 Å². The normalized spacial score (nSPS) is 13.3. The summed E-state index contributed by atoms with van der Waals surface area (Å²) in [6, 6.07) is 2.64. The van der Waals surface area contributed by atoms with Gasteiger partial charge in [-0.3, -0.25) is 0 Å². The molecule has 78 valence electrons. The summed E-state index contributed by atoms with van der Waals surface area (Å²) in [7, 11) is 0. The van der Waals surface area contributed by atoms with Crippen LogP contribution >= 0.6 is 11.6 Å². The first-order valence-electron chi connectivity index (χ1n) is 3.99. The average molecular weight is 224 g/mol. The van der Waals surface area contributed by atoms with Gasteiger partial charge in [-0.05, 0) is 18.6 Å². The predicted octanol–water partition coefficient (Wildman–Crippen LogP) is 2.61. The molecular weight excluding hydrogens is 215 g/mol. The molecular formula is C9H9ClF3N. The SMILES string of the molecule is NC(Cc1c(F)cccc1Cl)C(F)F. The van der Waals surface area contributed by atoms with Gasteiger partial charge in [-0.15, -0.1) is 0 Å². The third-order valence-corrected chi connectivity index (χ3v) is 2.18. The Morgan fingerprint density at radius 2 is 2.00 bits per heavy atom. The van der Waals surface area contributed by atoms with E-state index in [1.807, 2.05) is 0 Å². The predicted molar refractivity (Wildman–Crippen MR) is 49.1 cm³/mol. The van der Waals surface area contributed by atoms with Crippen LogP contribution in [0.5, 0.6) is 0 Å². The molecule has 0 saturated heterocycles. The van der Waals surface area contributed by atoms with Crippen LogP contribution in [-0.2, 0) is 6.42 Å². The molecule has 1 unspecified atom stereocenters. The highest BCUT2D eigenvalue weighted by atomic mass is 35.5. The van der Waals surface area contributed by atoms with E-state index in [9.17, 15) is 13.2 Å². The van der Waals surface area contributed by atoms with Gasteiger partial charge in [0.05, 0.1) is 6.04 Å². The molecule has 1 atom stereocenters. The van der Waals surface area contributed by atoms with Crippen LogP contribution in [0, 0.1) is 5.82 Å². The van der Waals surface area contributed by atoms with Gasteiger partial charge < -0.3 is 5.73 Å². The van der Waals surface area contributed by atoms with Gasteiger partial charge in [0, 0.05) is 10.6 Å². The Bertz CT molecular complexity index is 297. The van der Waals surface area contributed by atoms with E-state index in [0.717, 1.165) is 0 Å². The second kappa shape index (κ2) is 4.66. The Hall–Kier alpha value is -0.740. The summed E-state index contributed by atoms with van der Waals surface area (Å²) in [5.41, 5.74) is 5.15. The fraction of sp³-hybridized carbons (Fsp3) is 0.333. The number of halogens is 4. The molecule has 0 aliphatic rings. The molecule has 0 spiro atoms. The lowest BCUT2D eigenvalue weighted by Gasteiger charge is -2.11. The van der Waals surface area contributed by atoms with Crippen molar-refractivity contribution in [1.82, 2.24) is 0 Å². The van der Waals surface area contributed by atoms with E-state index >= 15 is 0 Å². The van der Waals surface area contributed by atoms with Crippen LogP contribution in [0.4, 0.5) is 13.2 Å². The third kappa shape index (κ3) is 2.62. The molecule has 1 aromatic rings. The van der Waals surface area contributed by atoms with Gasteiger partial charge in [0.25, 0.3) is 6.43 Å². The third-order valence-electron chi connectivity index (χ3n) is 1.83. The lowest BCUT2D eigenvalue weighted by atomic mass is 10.1. The van der Waals surface area contributed by atoms with E-state index in [2.05, 4.69) is 0 Å². The molecule has 0 aromatic heterocycles. The van der Waals surface area contributed by atoms with Gasteiger partial charge in [-0.1, -0.05) is 17.7 Å². The zero-order chi connectivity index (χ0) is 10.7. The highest BCUT2D eigenvalue weighted by molar-refractivity contribution is 6.31. The molecule has 1 rings (SSSR count). The summed E-state index contributed by atoms with van der Waals surface area (Å²) in [5.74, 6) is -0.603. The maximum atomic E-state index is 13.1. The van der Waals surface area contributed by atoms with E-state index < -0.39 is 18.3 Å². The Morgan fingerprint density at radius 1 is 1.36 bits per heavy atom. The highest BCUT2D eigenvalue weighted by Crippen LogP contribution is 2.21. The zero-order valence-electron chi connectivity index (χ0n) is 7.18. The van der Waals surface area contributed by atoms with Crippen molar-refractivity contribution in [3.8, 4) is 0 Å². The summed E-state index contributed by atoms with van der Waals surface area (Å²) in [5, 5.41) is 0.126. The average Bonchev–Trinajstić information content (AvgIpc) is 2.11. The van der Waals surface area contributed by atoms with E-state index in [0.29, 0.717) is 0 Å². The van der Waals surface area contributed by atoms with Crippen LogP contribution < -0.4 is 5.73 Å². The minimum atomic E-state index is -2.68. The van der Waals surface area contributed by atoms with Crippen LogP contribution in [0.2, 0.25) is 5.02 Å². The smallest absolute Gasteiger partial charge is 0.253 e. The molecule has 0 radical (unpaired) electrons. The minimum Gasteiger partial charge on any atom is -0.323 e. The van der Waals surface area contributed by atoms with E-state index in [4.69, 9.17) is 17.3 Å². The molecule has 2 N–H and O–H groups in total. The number of nitrogens with two attached hydrogens (primary N) is 1. The zero-order valence-corrected chi connectivity index (χ0v) is 7.94. The second-order valence-corrected chi connectivity index (χ2v) is 3.31. The quantitative estimate of drug-likeness (QED) is 0.838. The Morgan fingerprint density at radius 3 is 2.50 bits per heavy atom. The summed E-state index contributed by atoms with van der Waals surface area (Å²) in [6.07, 6.45) is -2.94. The molecule has 0 bridgehead atoms. The summed E-state index contributed by atoms with van der Waals surface area (Å²) in [6.45, 7) is 0. The first-order valence-corrected chi connectivity index (χ1v) is 4.36. The van der Waals surface area contributed by atoms with Crippen LogP contribution in [0.1, 0.15) is 5.56 Å². The number of alkyl halides is 2. The molecule has 0 saturated carbocycles. The minimum absolute atomic E-state index is 0.0435. The van der Waals surface area contributed by atoms with Gasteiger partial charge in [0.15, 0.2) is 0 Å². The van der Waals surface area contributed by atoms with Gasteiger partial charge in [0.1, 0.15) is 5.82 Å². The Kier molecular flexibility index (Phi) is 3.77. The number of rotatable bonds is 3.